The highest BCUT2D eigenvalue weighted by Crippen LogP contribution is 2.36. The Morgan fingerprint density at radius 3 is 2.79 bits per heavy atom. The van der Waals surface area contributed by atoms with Crippen LogP contribution in [0, 0.1) is 0 Å². The zero-order chi connectivity index (χ0) is 13.4. The molecule has 3 aromatic rings. The SMILES string of the molecule is Nc1ccc2nc(Oc3cc(Cl)ccc3Cl)sc2c1. The predicted molar refractivity (Wildman–Crippen MR) is 80.6 cm³/mol. The van der Waals surface area contributed by atoms with E-state index in [1.807, 2.05) is 12.1 Å². The van der Waals surface area contributed by atoms with Gasteiger partial charge in [-0.25, -0.2) is 4.98 Å². The van der Waals surface area contributed by atoms with Gasteiger partial charge < -0.3 is 10.5 Å². The first-order valence-corrected chi connectivity index (χ1v) is 6.98. The van der Waals surface area contributed by atoms with Crippen LogP contribution in [0.1, 0.15) is 0 Å². The lowest BCUT2D eigenvalue weighted by atomic mass is 10.3. The van der Waals surface area contributed by atoms with E-state index in [0.717, 1.165) is 10.2 Å². The number of hydrogen-bond donors (Lipinski definition) is 1. The fourth-order valence-corrected chi connectivity index (χ4v) is 2.81. The van der Waals surface area contributed by atoms with Crippen LogP contribution in [0.2, 0.25) is 10.0 Å². The van der Waals surface area contributed by atoms with Crippen molar-refractivity contribution in [2.45, 2.75) is 0 Å². The third-order valence-corrected chi connectivity index (χ3v) is 3.93. The first-order valence-electron chi connectivity index (χ1n) is 5.41. The molecule has 0 aliphatic rings. The molecule has 0 amide bonds. The lowest BCUT2D eigenvalue weighted by molar-refractivity contribution is 0.480. The van der Waals surface area contributed by atoms with Crippen molar-refractivity contribution in [3.8, 4) is 10.9 Å². The van der Waals surface area contributed by atoms with Gasteiger partial charge in [-0.3, -0.25) is 0 Å². The highest BCUT2D eigenvalue weighted by molar-refractivity contribution is 7.20. The van der Waals surface area contributed by atoms with Gasteiger partial charge in [0.1, 0.15) is 5.75 Å². The maximum absolute atomic E-state index is 6.04. The fourth-order valence-electron chi connectivity index (χ4n) is 1.61. The maximum Gasteiger partial charge on any atom is 0.279 e. The Morgan fingerprint density at radius 1 is 1.11 bits per heavy atom. The highest BCUT2D eigenvalue weighted by atomic mass is 35.5. The number of benzene rings is 2. The Balaban J connectivity index is 1.98. The van der Waals surface area contributed by atoms with Crippen molar-refractivity contribution in [1.29, 1.82) is 0 Å². The molecule has 6 heteroatoms. The minimum absolute atomic E-state index is 0.487. The standard InChI is InChI=1S/C13H8Cl2N2OS/c14-7-1-3-9(15)11(5-7)18-13-17-10-4-2-8(16)6-12(10)19-13/h1-6H,16H2. The minimum atomic E-state index is 0.487. The number of halogens is 2. The topological polar surface area (TPSA) is 48.1 Å². The summed E-state index contributed by atoms with van der Waals surface area (Å²) in [5, 5.41) is 1.55. The Bertz CT molecular complexity index is 757. The summed E-state index contributed by atoms with van der Waals surface area (Å²) in [6, 6.07) is 10.6. The van der Waals surface area contributed by atoms with Gasteiger partial charge in [-0.1, -0.05) is 34.5 Å². The van der Waals surface area contributed by atoms with Gasteiger partial charge in [0.2, 0.25) is 0 Å². The van der Waals surface area contributed by atoms with Crippen LogP contribution in [-0.2, 0) is 0 Å². The maximum atomic E-state index is 6.04. The summed E-state index contributed by atoms with van der Waals surface area (Å²) >= 11 is 13.4. The van der Waals surface area contributed by atoms with Crippen LogP contribution < -0.4 is 10.5 Å². The van der Waals surface area contributed by atoms with Crippen LogP contribution in [0.5, 0.6) is 10.9 Å². The Morgan fingerprint density at radius 2 is 1.95 bits per heavy atom. The molecule has 19 heavy (non-hydrogen) atoms. The van der Waals surface area contributed by atoms with Gasteiger partial charge in [0.25, 0.3) is 5.19 Å². The summed E-state index contributed by atoms with van der Waals surface area (Å²) in [7, 11) is 0. The second kappa shape index (κ2) is 4.89. The molecule has 0 bridgehead atoms. The minimum Gasteiger partial charge on any atom is -0.429 e. The number of ether oxygens (including phenoxy) is 1. The number of nitrogen functional groups attached to an aromatic ring is 1. The zero-order valence-corrected chi connectivity index (χ0v) is 11.9. The fraction of sp³-hybridized carbons (Fsp3) is 0. The van der Waals surface area contributed by atoms with E-state index in [1.165, 1.54) is 11.3 Å². The number of hydrogen-bond acceptors (Lipinski definition) is 4. The first-order chi connectivity index (χ1) is 9.11. The van der Waals surface area contributed by atoms with E-state index < -0.39 is 0 Å². The van der Waals surface area contributed by atoms with E-state index in [9.17, 15) is 0 Å². The number of rotatable bonds is 2. The van der Waals surface area contributed by atoms with E-state index in [2.05, 4.69) is 4.98 Å². The molecule has 96 valence electrons. The quantitative estimate of drug-likeness (QED) is 0.679. The normalized spacial score (nSPS) is 10.8. The van der Waals surface area contributed by atoms with Crippen LogP contribution in [0.3, 0.4) is 0 Å². The molecule has 0 atom stereocenters. The van der Waals surface area contributed by atoms with Crippen LogP contribution in [0.4, 0.5) is 5.69 Å². The highest BCUT2D eigenvalue weighted by Gasteiger charge is 2.09. The Kier molecular flexibility index (Phi) is 3.22. The van der Waals surface area contributed by atoms with E-state index >= 15 is 0 Å². The average Bonchev–Trinajstić information content (AvgIpc) is 2.75. The van der Waals surface area contributed by atoms with Crippen molar-refractivity contribution < 1.29 is 4.74 Å². The summed E-state index contributed by atoms with van der Waals surface area (Å²) < 4.78 is 6.63. The van der Waals surface area contributed by atoms with Gasteiger partial charge in [-0.2, -0.15) is 0 Å². The monoisotopic (exact) mass is 310 g/mol. The van der Waals surface area contributed by atoms with Gasteiger partial charge in [-0.05, 0) is 30.3 Å². The molecule has 0 unspecified atom stereocenters. The third kappa shape index (κ3) is 2.61. The molecule has 3 nitrogen and oxygen atoms in total. The number of aromatic nitrogens is 1. The summed E-state index contributed by atoms with van der Waals surface area (Å²) in [6.45, 7) is 0. The molecular weight excluding hydrogens is 303 g/mol. The molecule has 3 rings (SSSR count). The summed E-state index contributed by atoms with van der Waals surface area (Å²) in [5.74, 6) is 0.487. The molecule has 0 radical (unpaired) electrons. The van der Waals surface area contributed by atoms with Crippen molar-refractivity contribution in [2.24, 2.45) is 0 Å². The molecule has 0 fully saturated rings. The van der Waals surface area contributed by atoms with Gasteiger partial charge in [0.15, 0.2) is 0 Å². The largest absolute Gasteiger partial charge is 0.429 e. The number of fused-ring (bicyclic) bond motifs is 1. The van der Waals surface area contributed by atoms with Gasteiger partial charge in [0.05, 0.1) is 15.2 Å². The number of thiazole rings is 1. The zero-order valence-electron chi connectivity index (χ0n) is 9.56. The molecule has 2 N–H and O–H groups in total. The van der Waals surface area contributed by atoms with E-state index in [0.29, 0.717) is 26.7 Å². The first kappa shape index (κ1) is 12.5. The van der Waals surface area contributed by atoms with Crippen molar-refractivity contribution >= 4 is 50.4 Å². The predicted octanol–water partition coefficient (Wildman–Crippen LogP) is 4.98. The lowest BCUT2D eigenvalue weighted by Crippen LogP contribution is -1.84. The van der Waals surface area contributed by atoms with Crippen molar-refractivity contribution in [2.75, 3.05) is 5.73 Å². The van der Waals surface area contributed by atoms with Crippen molar-refractivity contribution in [3.63, 3.8) is 0 Å². The van der Waals surface area contributed by atoms with Crippen LogP contribution >= 0.6 is 34.5 Å². The summed E-state index contributed by atoms with van der Waals surface area (Å²) in [6.07, 6.45) is 0. The van der Waals surface area contributed by atoms with Gasteiger partial charge >= 0.3 is 0 Å². The van der Waals surface area contributed by atoms with E-state index in [-0.39, 0.29) is 0 Å². The van der Waals surface area contributed by atoms with Crippen molar-refractivity contribution in [3.05, 3.63) is 46.4 Å². The van der Waals surface area contributed by atoms with Crippen LogP contribution in [0.25, 0.3) is 10.2 Å². The molecule has 0 aliphatic carbocycles. The summed E-state index contributed by atoms with van der Waals surface area (Å²) in [5.41, 5.74) is 7.27. The van der Waals surface area contributed by atoms with Crippen LogP contribution in [-0.4, -0.2) is 4.98 Å². The molecule has 0 saturated carbocycles. The van der Waals surface area contributed by atoms with Crippen LogP contribution in [0.15, 0.2) is 36.4 Å². The number of anilines is 1. The molecule has 1 aromatic heterocycles. The second-order valence-corrected chi connectivity index (χ2v) is 5.72. The number of nitrogens with two attached hydrogens (primary N) is 1. The molecule has 0 aliphatic heterocycles. The Hall–Kier alpha value is -1.49. The molecule has 2 aromatic carbocycles. The van der Waals surface area contributed by atoms with Gasteiger partial charge in [-0.15, -0.1) is 0 Å². The van der Waals surface area contributed by atoms with E-state index in [4.69, 9.17) is 33.7 Å². The Labute approximate surface area is 123 Å². The average molecular weight is 311 g/mol. The smallest absolute Gasteiger partial charge is 0.279 e. The van der Waals surface area contributed by atoms with Crippen molar-refractivity contribution in [1.82, 2.24) is 4.98 Å². The summed E-state index contributed by atoms with van der Waals surface area (Å²) in [4.78, 5) is 4.36. The van der Waals surface area contributed by atoms with Gasteiger partial charge in [0, 0.05) is 16.8 Å². The van der Waals surface area contributed by atoms with E-state index in [1.54, 1.807) is 24.3 Å². The number of nitrogens with zero attached hydrogens (tertiary/aromatic N) is 1. The third-order valence-electron chi connectivity index (χ3n) is 2.48. The molecular formula is C13H8Cl2N2OS. The lowest BCUT2D eigenvalue weighted by Gasteiger charge is -2.03. The second-order valence-electron chi connectivity index (χ2n) is 3.88. The molecule has 1 heterocycles. The molecule has 0 saturated heterocycles. The molecule has 0 spiro atoms.